The number of ether oxygens (including phenoxy) is 2. The summed E-state index contributed by atoms with van der Waals surface area (Å²) in [5, 5.41) is 23.1. The summed E-state index contributed by atoms with van der Waals surface area (Å²) in [6.07, 6.45) is 4.68. The van der Waals surface area contributed by atoms with Gasteiger partial charge in [-0.05, 0) is 13.3 Å². The monoisotopic (exact) mass is 289 g/mol. The smallest absolute Gasteiger partial charge is 0.105 e. The van der Waals surface area contributed by atoms with Gasteiger partial charge in [-0.1, -0.05) is 26.2 Å². The highest BCUT2D eigenvalue weighted by Gasteiger charge is 2.39. The normalized spacial score (nSPS) is 27.9. The minimum Gasteiger partial charge on any atom is -0.389 e. The van der Waals surface area contributed by atoms with Crippen molar-refractivity contribution >= 4 is 0 Å². The number of aliphatic hydroxyl groups excluding tert-OH is 1. The van der Waals surface area contributed by atoms with Gasteiger partial charge < -0.3 is 25.0 Å². The van der Waals surface area contributed by atoms with Crippen LogP contribution in [0.25, 0.3) is 0 Å². The van der Waals surface area contributed by atoms with E-state index in [-0.39, 0.29) is 6.10 Å². The van der Waals surface area contributed by atoms with Crippen molar-refractivity contribution in [2.45, 2.75) is 63.8 Å². The second kappa shape index (κ2) is 9.68. The number of hydrogen-bond acceptors (Lipinski definition) is 5. The summed E-state index contributed by atoms with van der Waals surface area (Å²) in [5.41, 5.74) is -0.805. The molecule has 0 spiro atoms. The fraction of sp³-hybridized carbons (Fsp3) is 1.00. The lowest BCUT2D eigenvalue weighted by molar-refractivity contribution is -0.0293. The molecule has 0 aromatic rings. The number of aliphatic hydroxyl groups is 2. The molecule has 1 heterocycles. The average Bonchev–Trinajstić information content (AvgIpc) is 2.74. The van der Waals surface area contributed by atoms with Crippen molar-refractivity contribution in [1.82, 2.24) is 5.32 Å². The Morgan fingerprint density at radius 2 is 2.20 bits per heavy atom. The Morgan fingerprint density at radius 3 is 2.85 bits per heavy atom. The van der Waals surface area contributed by atoms with Crippen LogP contribution in [0.3, 0.4) is 0 Å². The lowest BCUT2D eigenvalue weighted by atomic mass is 9.97. The maximum absolute atomic E-state index is 10.3. The molecule has 1 aliphatic heterocycles. The Bertz CT molecular complexity index is 252. The van der Waals surface area contributed by atoms with E-state index in [1.54, 1.807) is 0 Å². The summed E-state index contributed by atoms with van der Waals surface area (Å²) >= 11 is 0. The Kier molecular flexibility index (Phi) is 8.64. The lowest BCUT2D eigenvalue weighted by Gasteiger charge is -2.26. The van der Waals surface area contributed by atoms with Crippen molar-refractivity contribution in [3.8, 4) is 0 Å². The molecule has 1 fully saturated rings. The van der Waals surface area contributed by atoms with Crippen molar-refractivity contribution in [3.63, 3.8) is 0 Å². The molecule has 20 heavy (non-hydrogen) atoms. The minimum atomic E-state index is -0.805. The second-order valence-electron chi connectivity index (χ2n) is 5.79. The van der Waals surface area contributed by atoms with Crippen molar-refractivity contribution < 1.29 is 19.7 Å². The van der Waals surface area contributed by atoms with Crippen LogP contribution in [0.1, 0.15) is 46.0 Å². The van der Waals surface area contributed by atoms with Crippen LogP contribution in [0.2, 0.25) is 0 Å². The van der Waals surface area contributed by atoms with Gasteiger partial charge in [0.15, 0.2) is 0 Å². The SMILES string of the molecule is CCCCCCOCC(O)CNCC1(O)CCOC1C. The molecule has 0 aromatic carbocycles. The molecule has 0 bridgehead atoms. The van der Waals surface area contributed by atoms with Gasteiger partial charge in [-0.2, -0.15) is 0 Å². The van der Waals surface area contributed by atoms with Crippen LogP contribution in [-0.4, -0.2) is 60.9 Å². The summed E-state index contributed by atoms with van der Waals surface area (Å²) in [6.45, 7) is 6.61. The molecule has 5 nitrogen and oxygen atoms in total. The van der Waals surface area contributed by atoms with Crippen LogP contribution < -0.4 is 5.32 Å². The van der Waals surface area contributed by atoms with Crippen LogP contribution in [0.5, 0.6) is 0 Å². The first-order valence-corrected chi connectivity index (χ1v) is 7.89. The van der Waals surface area contributed by atoms with E-state index in [1.807, 2.05) is 6.92 Å². The summed E-state index contributed by atoms with van der Waals surface area (Å²) in [7, 11) is 0. The van der Waals surface area contributed by atoms with Crippen LogP contribution >= 0.6 is 0 Å². The predicted molar refractivity (Wildman–Crippen MR) is 78.8 cm³/mol. The topological polar surface area (TPSA) is 71.0 Å². The molecule has 0 aromatic heterocycles. The molecule has 3 N–H and O–H groups in total. The van der Waals surface area contributed by atoms with E-state index >= 15 is 0 Å². The molecule has 0 radical (unpaired) electrons. The minimum absolute atomic E-state index is 0.151. The quantitative estimate of drug-likeness (QED) is 0.496. The predicted octanol–water partition coefficient (Wildman–Crippen LogP) is 1.07. The highest BCUT2D eigenvalue weighted by Crippen LogP contribution is 2.24. The van der Waals surface area contributed by atoms with E-state index in [2.05, 4.69) is 12.2 Å². The molecule has 3 unspecified atom stereocenters. The largest absolute Gasteiger partial charge is 0.389 e. The molecular formula is C15H31NO4. The van der Waals surface area contributed by atoms with Gasteiger partial charge in [-0.15, -0.1) is 0 Å². The highest BCUT2D eigenvalue weighted by atomic mass is 16.5. The zero-order chi connectivity index (χ0) is 14.8. The van der Waals surface area contributed by atoms with E-state index in [0.717, 1.165) is 6.42 Å². The fourth-order valence-corrected chi connectivity index (χ4v) is 2.37. The van der Waals surface area contributed by atoms with E-state index in [0.29, 0.717) is 39.3 Å². The molecule has 1 aliphatic rings. The molecule has 120 valence electrons. The third kappa shape index (κ3) is 6.50. The van der Waals surface area contributed by atoms with Gasteiger partial charge in [-0.25, -0.2) is 0 Å². The van der Waals surface area contributed by atoms with E-state index in [9.17, 15) is 10.2 Å². The van der Waals surface area contributed by atoms with Crippen molar-refractivity contribution in [3.05, 3.63) is 0 Å². The molecule has 0 aliphatic carbocycles. The molecule has 5 heteroatoms. The zero-order valence-electron chi connectivity index (χ0n) is 12.9. The molecule has 1 rings (SSSR count). The van der Waals surface area contributed by atoms with Gasteiger partial charge >= 0.3 is 0 Å². The van der Waals surface area contributed by atoms with Gasteiger partial charge in [0, 0.05) is 32.7 Å². The Labute approximate surface area is 122 Å². The summed E-state index contributed by atoms with van der Waals surface area (Å²) in [4.78, 5) is 0. The highest BCUT2D eigenvalue weighted by molar-refractivity contribution is 4.91. The van der Waals surface area contributed by atoms with E-state index in [1.165, 1.54) is 19.3 Å². The van der Waals surface area contributed by atoms with Gasteiger partial charge in [-0.3, -0.25) is 0 Å². The van der Waals surface area contributed by atoms with Gasteiger partial charge in [0.1, 0.15) is 5.60 Å². The molecule has 0 saturated carbocycles. The standard InChI is InChI=1S/C15H31NO4/c1-3-4-5-6-8-19-11-14(17)10-16-12-15(18)7-9-20-13(15)2/h13-14,16-18H,3-12H2,1-2H3. The number of unbranched alkanes of at least 4 members (excludes halogenated alkanes) is 3. The van der Waals surface area contributed by atoms with Gasteiger partial charge in [0.2, 0.25) is 0 Å². The van der Waals surface area contributed by atoms with Gasteiger partial charge in [0.25, 0.3) is 0 Å². The Morgan fingerprint density at radius 1 is 1.40 bits per heavy atom. The van der Waals surface area contributed by atoms with E-state index < -0.39 is 11.7 Å². The van der Waals surface area contributed by atoms with Crippen LogP contribution in [0.4, 0.5) is 0 Å². The average molecular weight is 289 g/mol. The Hall–Kier alpha value is -0.200. The maximum atomic E-state index is 10.3. The lowest BCUT2D eigenvalue weighted by Crippen LogP contribution is -2.47. The number of hydrogen-bond donors (Lipinski definition) is 3. The first kappa shape index (κ1) is 17.9. The van der Waals surface area contributed by atoms with Gasteiger partial charge in [0.05, 0.1) is 18.8 Å². The third-order valence-electron chi connectivity index (χ3n) is 3.92. The van der Waals surface area contributed by atoms with Crippen molar-refractivity contribution in [2.24, 2.45) is 0 Å². The molecule has 1 saturated heterocycles. The van der Waals surface area contributed by atoms with Crippen molar-refractivity contribution in [2.75, 3.05) is 32.9 Å². The molecular weight excluding hydrogens is 258 g/mol. The fourth-order valence-electron chi connectivity index (χ4n) is 2.37. The van der Waals surface area contributed by atoms with Crippen LogP contribution in [-0.2, 0) is 9.47 Å². The third-order valence-corrected chi connectivity index (χ3v) is 3.92. The molecule has 0 amide bonds. The van der Waals surface area contributed by atoms with E-state index in [4.69, 9.17) is 9.47 Å². The van der Waals surface area contributed by atoms with Crippen molar-refractivity contribution in [1.29, 1.82) is 0 Å². The first-order valence-electron chi connectivity index (χ1n) is 7.89. The maximum Gasteiger partial charge on any atom is 0.105 e. The number of nitrogens with one attached hydrogen (secondary N) is 1. The second-order valence-corrected chi connectivity index (χ2v) is 5.79. The Balaban J connectivity index is 1.98. The summed E-state index contributed by atoms with van der Waals surface area (Å²) < 4.78 is 10.8. The zero-order valence-corrected chi connectivity index (χ0v) is 12.9. The molecule has 3 atom stereocenters. The number of rotatable bonds is 11. The van der Waals surface area contributed by atoms with Crippen LogP contribution in [0.15, 0.2) is 0 Å². The summed E-state index contributed by atoms with van der Waals surface area (Å²) in [5.74, 6) is 0. The van der Waals surface area contributed by atoms with Crippen LogP contribution in [0, 0.1) is 0 Å². The summed E-state index contributed by atoms with van der Waals surface area (Å²) in [6, 6.07) is 0. The first-order chi connectivity index (χ1) is 9.58.